The quantitative estimate of drug-likeness (QED) is 0.0203. The largest absolute Gasteiger partial charge is 0.495 e. The number of hydrogen-bond acceptors (Lipinski definition) is 22. The first kappa shape index (κ1) is 87.9. The van der Waals surface area contributed by atoms with Crippen molar-refractivity contribution < 1.29 is 92.0 Å². The number of benzene rings is 2. The van der Waals surface area contributed by atoms with Gasteiger partial charge in [-0.3, -0.25) is 91.5 Å². The molecule has 592 valence electrons. The molecule has 5 rings (SSSR count). The van der Waals surface area contributed by atoms with Crippen LogP contribution in [0.25, 0.3) is 10.9 Å². The molecule has 1 saturated heterocycles. The zero-order chi connectivity index (χ0) is 79.7. The van der Waals surface area contributed by atoms with Crippen molar-refractivity contribution in [3.05, 3.63) is 78.0 Å². The molecule has 2 aromatic heterocycles. The Bertz CT molecular complexity index is 3750. The summed E-state index contributed by atoms with van der Waals surface area (Å²) in [4.78, 5) is 215. The number of para-hydroxylation sites is 1. The number of anilines is 1. The second kappa shape index (κ2) is 44.4. The third kappa shape index (κ3) is 30.6. The van der Waals surface area contributed by atoms with Crippen molar-refractivity contribution in [2.45, 2.75) is 115 Å². The van der Waals surface area contributed by atoms with E-state index in [4.69, 9.17) is 16.2 Å². The Kier molecular flexibility index (Phi) is 36.1. The average Bonchev–Trinajstić information content (AvgIpc) is 1.60. The number of rotatable bonds is 42. The van der Waals surface area contributed by atoms with Crippen molar-refractivity contribution in [2.24, 2.45) is 23.3 Å². The van der Waals surface area contributed by atoms with Crippen LogP contribution in [-0.4, -0.2) is 292 Å². The van der Waals surface area contributed by atoms with Crippen LogP contribution in [-0.2, 0) is 80.0 Å². The maximum Gasteiger partial charge on any atom is 0.317 e. The Morgan fingerprint density at radius 3 is 1.67 bits per heavy atom. The van der Waals surface area contributed by atoms with Crippen molar-refractivity contribution >= 4 is 117 Å². The van der Waals surface area contributed by atoms with Crippen LogP contribution in [0.15, 0.2) is 61.2 Å². The number of nitrogens with two attached hydrogens (primary N) is 2. The van der Waals surface area contributed by atoms with Gasteiger partial charge in [0.15, 0.2) is 0 Å². The molecule has 3 heterocycles. The second-order valence-corrected chi connectivity index (χ2v) is 27.7. The predicted molar refractivity (Wildman–Crippen MR) is 394 cm³/mol. The highest BCUT2D eigenvalue weighted by molar-refractivity contribution is 7.98. The first-order valence-corrected chi connectivity index (χ1v) is 36.4. The summed E-state index contributed by atoms with van der Waals surface area (Å²) in [5.41, 5.74) is 12.7. The number of ether oxygens (including phenoxy) is 1. The SMILES string of the molecule is COc1cc(C(=O)N[C@@H](CCC(N)=O)C(=O)N[C@@H](Cc2c[nH]c3ccccc23)C(=O)N[C@@H](C)C(=O)N[C@H](C(=O)NCC(=O)N[C@@H](Cc2cnc[nH]2)C(=O)N[C@@H](CC(C)C)C(=O)N[C@@H](CCSC)C(N)=O)C(C)C)ccc1NC(=O)CNC(=O)CN1CCN(CC(=O)O)CCN(CC(=O)O)CCN(CC(=O)O)CC1. The third-order valence-corrected chi connectivity index (χ3v) is 17.9. The van der Waals surface area contributed by atoms with Crippen molar-refractivity contribution in [2.75, 3.05) is 116 Å². The van der Waals surface area contributed by atoms with Crippen molar-refractivity contribution in [1.82, 2.24) is 82.4 Å². The maximum atomic E-state index is 14.5. The van der Waals surface area contributed by atoms with Crippen molar-refractivity contribution in [3.8, 4) is 5.75 Å². The first-order valence-electron chi connectivity index (χ1n) is 35.0. The number of thioether (sulfide) groups is 1. The van der Waals surface area contributed by atoms with E-state index in [0.29, 0.717) is 27.9 Å². The Hall–Kier alpha value is -10.8. The van der Waals surface area contributed by atoms with Crippen LogP contribution in [0.1, 0.15) is 81.9 Å². The number of primary amides is 2. The van der Waals surface area contributed by atoms with E-state index in [9.17, 15) is 87.2 Å². The van der Waals surface area contributed by atoms with Gasteiger partial charge >= 0.3 is 17.9 Å². The molecule has 7 atom stereocenters. The van der Waals surface area contributed by atoms with E-state index in [-0.39, 0.29) is 134 Å². The summed E-state index contributed by atoms with van der Waals surface area (Å²) in [6.45, 7) is 6.80. The molecule has 12 amide bonds. The van der Waals surface area contributed by atoms with Gasteiger partial charge in [0, 0.05) is 106 Å². The van der Waals surface area contributed by atoms with Gasteiger partial charge in [-0.05, 0) is 79.9 Å². The lowest BCUT2D eigenvalue weighted by atomic mass is 10.0. The number of methoxy groups -OCH3 is 1. The summed E-state index contributed by atoms with van der Waals surface area (Å²) in [6, 6.07) is 1.66. The number of aromatic nitrogens is 3. The normalized spacial score (nSPS) is 15.3. The van der Waals surface area contributed by atoms with E-state index >= 15 is 0 Å². The van der Waals surface area contributed by atoms with Crippen LogP contribution in [0.3, 0.4) is 0 Å². The number of fused-ring (bicyclic) bond motifs is 1. The molecule has 38 nitrogen and oxygen atoms in total. The van der Waals surface area contributed by atoms with Gasteiger partial charge in [-0.2, -0.15) is 11.8 Å². The summed E-state index contributed by atoms with van der Waals surface area (Å²) in [5, 5.41) is 55.2. The molecule has 0 radical (unpaired) electrons. The fourth-order valence-electron chi connectivity index (χ4n) is 11.5. The monoisotopic (exact) mass is 1530 g/mol. The van der Waals surface area contributed by atoms with Crippen LogP contribution in [0.4, 0.5) is 5.69 Å². The van der Waals surface area contributed by atoms with E-state index < -0.39 is 157 Å². The van der Waals surface area contributed by atoms with Crippen LogP contribution in [0, 0.1) is 11.8 Å². The van der Waals surface area contributed by atoms with E-state index in [1.54, 1.807) is 63.9 Å². The molecule has 1 aliphatic rings. The van der Waals surface area contributed by atoms with Crippen LogP contribution in [0.2, 0.25) is 0 Å². The summed E-state index contributed by atoms with van der Waals surface area (Å²) in [5.74, 6) is -13.3. The second-order valence-electron chi connectivity index (χ2n) is 26.7. The Morgan fingerprint density at radius 1 is 0.574 bits per heavy atom. The molecular weight excluding hydrogens is 1430 g/mol. The number of amides is 12. The summed E-state index contributed by atoms with van der Waals surface area (Å²) in [6.07, 6.45) is 5.51. The van der Waals surface area contributed by atoms with E-state index in [1.165, 1.54) is 56.5 Å². The van der Waals surface area contributed by atoms with E-state index in [0.717, 1.165) is 0 Å². The molecule has 2 aromatic carbocycles. The number of carboxylic acids is 3. The van der Waals surface area contributed by atoms with E-state index in [2.05, 4.69) is 68.1 Å². The number of H-pyrrole nitrogens is 2. The van der Waals surface area contributed by atoms with Gasteiger partial charge in [-0.25, -0.2) is 4.98 Å². The summed E-state index contributed by atoms with van der Waals surface area (Å²) in [7, 11) is 1.24. The number of carbonyl (C=O) groups is 15. The van der Waals surface area contributed by atoms with Crippen LogP contribution in [0.5, 0.6) is 5.75 Å². The number of aromatic amines is 2. The zero-order valence-corrected chi connectivity index (χ0v) is 62.3. The average molecular weight is 1530 g/mol. The molecule has 0 aliphatic carbocycles. The number of imidazole rings is 1. The number of carbonyl (C=O) groups excluding carboxylic acids is 12. The number of nitrogens with zero attached hydrogens (tertiary/aromatic N) is 5. The lowest BCUT2D eigenvalue weighted by molar-refractivity contribution is -0.140. The van der Waals surface area contributed by atoms with Gasteiger partial charge in [0.2, 0.25) is 65.0 Å². The van der Waals surface area contributed by atoms with Crippen LogP contribution < -0.4 is 69.4 Å². The van der Waals surface area contributed by atoms with Gasteiger partial charge in [0.25, 0.3) is 5.91 Å². The highest BCUT2D eigenvalue weighted by Gasteiger charge is 2.35. The molecule has 39 heteroatoms. The fourth-order valence-corrected chi connectivity index (χ4v) is 11.9. The van der Waals surface area contributed by atoms with Gasteiger partial charge in [0.1, 0.15) is 48.0 Å². The fraction of sp³-hybridized carbons (Fsp3) is 0.536. The number of hydrogen-bond donors (Lipinski definition) is 17. The summed E-state index contributed by atoms with van der Waals surface area (Å²) >= 11 is 1.45. The standard InChI is InChI=1S/C69H101N19O19S/c1-39(2)26-50(67(104)80-48(62(71)99)16-25-108-7)82-68(105)52(29-44-31-72-38-76-44)79-56(91)33-75-69(106)61(40(3)4)84-63(100)41(5)77-66(103)51(27-43-30-73-46-11-9-8-10-45(43)46)83-65(102)49(14-15-54(70)89)81-64(101)42-12-13-47(53(28-42)107-6)78-55(90)32-74-57(92)34-85-17-19-86(35-58(93)94)21-23-88(37-60(97)98)24-22-87(20-18-85)36-59(95)96/h8-13,28,30-31,38-41,48-52,61,73H,14-27,29,32-37H2,1-7H3,(H2,70,89)(H2,71,99)(H,72,76)(H,74,92)(H,75,106)(H,77,103)(H,78,90)(H,79,91)(H,80,104)(H,81,101)(H,82,105)(H,83,102)(H,84,100)(H,93,94)(H,95,96)(H,97,98)/t41-,48-,49-,50-,51-,52-,61-/m0/s1. The minimum absolute atomic E-state index is 0.0457. The first-order chi connectivity index (χ1) is 51.2. The topological polar surface area (TPSA) is 556 Å². The molecule has 0 saturated carbocycles. The van der Waals surface area contributed by atoms with Crippen molar-refractivity contribution in [3.63, 3.8) is 0 Å². The lowest BCUT2D eigenvalue weighted by Crippen LogP contribution is -2.59. The minimum atomic E-state index is -1.55. The Morgan fingerprint density at radius 2 is 1.12 bits per heavy atom. The molecule has 0 unspecified atom stereocenters. The minimum Gasteiger partial charge on any atom is -0.495 e. The third-order valence-electron chi connectivity index (χ3n) is 17.3. The zero-order valence-electron chi connectivity index (χ0n) is 61.5. The molecule has 4 aromatic rings. The highest BCUT2D eigenvalue weighted by Crippen LogP contribution is 2.26. The molecule has 0 bridgehead atoms. The molecule has 108 heavy (non-hydrogen) atoms. The molecule has 0 spiro atoms. The Labute approximate surface area is 627 Å². The van der Waals surface area contributed by atoms with Gasteiger partial charge < -0.3 is 94.7 Å². The predicted octanol–water partition coefficient (Wildman–Crippen LogP) is -3.74. The van der Waals surface area contributed by atoms with Gasteiger partial charge in [-0.15, -0.1) is 0 Å². The number of nitrogens with one attached hydrogen (secondary N) is 12. The van der Waals surface area contributed by atoms with Crippen molar-refractivity contribution in [1.29, 1.82) is 0 Å². The van der Waals surface area contributed by atoms with Gasteiger partial charge in [-0.1, -0.05) is 45.9 Å². The maximum absolute atomic E-state index is 14.5. The molecule has 1 aliphatic heterocycles. The molecule has 19 N–H and O–H groups in total. The molecule has 1 fully saturated rings. The molecular formula is C69H101N19O19S. The van der Waals surface area contributed by atoms with E-state index in [1.807, 2.05) is 20.1 Å². The summed E-state index contributed by atoms with van der Waals surface area (Å²) < 4.78 is 5.50. The number of carboxylic acid groups (broad SMARTS) is 3. The smallest absolute Gasteiger partial charge is 0.317 e. The van der Waals surface area contributed by atoms with Gasteiger partial charge in [0.05, 0.1) is 58.4 Å². The lowest BCUT2D eigenvalue weighted by Gasteiger charge is -2.32. The van der Waals surface area contributed by atoms with Crippen LogP contribution >= 0.6 is 11.8 Å². The highest BCUT2D eigenvalue weighted by atomic mass is 32.2. The Balaban J connectivity index is 1.24. The number of aliphatic carboxylic acids is 3.